The maximum atomic E-state index is 13.7. The lowest BCUT2D eigenvalue weighted by atomic mass is 9.86. The summed E-state index contributed by atoms with van der Waals surface area (Å²) >= 11 is 0. The Balaban J connectivity index is 1.73. The van der Waals surface area contributed by atoms with Gasteiger partial charge in [-0.15, -0.1) is 0 Å². The summed E-state index contributed by atoms with van der Waals surface area (Å²) in [6.45, 7) is 0.373. The highest BCUT2D eigenvalue weighted by Gasteiger charge is 2.34. The molecule has 0 saturated carbocycles. The largest absolute Gasteiger partial charge is 0.416 e. The average Bonchev–Trinajstić information content (AvgIpc) is 3.25. The van der Waals surface area contributed by atoms with E-state index < -0.39 is 22.9 Å². The zero-order valence-electron chi connectivity index (χ0n) is 20.4. The van der Waals surface area contributed by atoms with E-state index in [1.807, 2.05) is 59.2 Å². The van der Waals surface area contributed by atoms with Crippen LogP contribution in [0.4, 0.5) is 13.2 Å². The maximum absolute atomic E-state index is 13.7. The molecule has 0 fully saturated rings. The van der Waals surface area contributed by atoms with Crippen molar-refractivity contribution in [3.63, 3.8) is 0 Å². The van der Waals surface area contributed by atoms with Gasteiger partial charge in [0.2, 0.25) is 0 Å². The van der Waals surface area contributed by atoms with E-state index in [2.05, 4.69) is 4.98 Å². The molecule has 3 aromatic carbocycles. The third kappa shape index (κ3) is 4.19. The zero-order chi connectivity index (χ0) is 27.4. The molecule has 6 rings (SSSR count). The molecule has 8 heteroatoms. The van der Waals surface area contributed by atoms with Gasteiger partial charge in [0.15, 0.2) is 5.78 Å². The van der Waals surface area contributed by atoms with Gasteiger partial charge in [-0.2, -0.15) is 13.2 Å². The Labute approximate surface area is 220 Å². The van der Waals surface area contributed by atoms with Crippen LogP contribution in [-0.4, -0.2) is 20.4 Å². The van der Waals surface area contributed by atoms with Crippen molar-refractivity contribution in [3.8, 4) is 11.1 Å². The number of halogens is 3. The molecule has 0 radical (unpaired) electrons. The summed E-state index contributed by atoms with van der Waals surface area (Å²) in [5.74, 6) is -0.335. The molecule has 0 spiro atoms. The van der Waals surface area contributed by atoms with E-state index in [1.165, 1.54) is 36.4 Å². The number of carbonyl (C=O) groups is 1. The van der Waals surface area contributed by atoms with Crippen molar-refractivity contribution in [2.75, 3.05) is 0 Å². The lowest BCUT2D eigenvalue weighted by Crippen LogP contribution is -2.29. The molecule has 5 aromatic rings. The van der Waals surface area contributed by atoms with Crippen LogP contribution in [0.15, 0.2) is 108 Å². The quantitative estimate of drug-likeness (QED) is 0.297. The Morgan fingerprint density at radius 2 is 1.49 bits per heavy atom. The number of aromatic nitrogens is 2. The number of pyridine rings is 1. The molecular formula is C31H21F3N2O3. The summed E-state index contributed by atoms with van der Waals surface area (Å²) in [7, 11) is 0. The molecule has 0 unspecified atom stereocenters. The van der Waals surface area contributed by atoms with Crippen LogP contribution in [0, 0.1) is 0 Å². The van der Waals surface area contributed by atoms with Crippen LogP contribution >= 0.6 is 0 Å². The van der Waals surface area contributed by atoms with Gasteiger partial charge in [0.1, 0.15) is 11.1 Å². The van der Waals surface area contributed by atoms with Gasteiger partial charge in [-0.05, 0) is 53.6 Å². The summed E-state index contributed by atoms with van der Waals surface area (Å²) in [5, 5.41) is 12.8. The molecular weight excluding hydrogens is 505 g/mol. The predicted octanol–water partition coefficient (Wildman–Crippen LogP) is 6.10. The Hall–Kier alpha value is -4.69. The van der Waals surface area contributed by atoms with Crippen LogP contribution in [0.1, 0.15) is 16.8 Å². The second-order valence-corrected chi connectivity index (χ2v) is 9.49. The molecule has 2 aromatic heterocycles. The fourth-order valence-corrected chi connectivity index (χ4v) is 5.19. The zero-order valence-corrected chi connectivity index (χ0v) is 20.4. The fraction of sp³-hybridized carbons (Fsp3) is 0.0968. The first-order valence-corrected chi connectivity index (χ1v) is 12.2. The topological polar surface area (TPSA) is 75.1 Å². The second-order valence-electron chi connectivity index (χ2n) is 9.49. The summed E-state index contributed by atoms with van der Waals surface area (Å²) in [5.41, 5.74) is -0.344. The predicted molar refractivity (Wildman–Crippen MR) is 143 cm³/mol. The minimum atomic E-state index is -4.53. The molecule has 1 aliphatic carbocycles. The van der Waals surface area contributed by atoms with Gasteiger partial charge in [-0.1, -0.05) is 60.7 Å². The average molecular weight is 527 g/mol. The Morgan fingerprint density at radius 1 is 0.846 bits per heavy atom. The fourth-order valence-electron chi connectivity index (χ4n) is 5.19. The van der Waals surface area contributed by atoms with Gasteiger partial charge in [0.25, 0.3) is 5.56 Å². The highest BCUT2D eigenvalue weighted by Crippen LogP contribution is 2.42. The molecule has 0 bridgehead atoms. The molecule has 194 valence electrons. The van der Waals surface area contributed by atoms with Crippen LogP contribution < -0.4 is 5.56 Å². The normalized spacial score (nSPS) is 14.9. The number of nitrogens with zero attached hydrogens (tertiary/aromatic N) is 1. The van der Waals surface area contributed by atoms with E-state index in [-0.39, 0.29) is 11.5 Å². The maximum Gasteiger partial charge on any atom is 0.416 e. The van der Waals surface area contributed by atoms with Gasteiger partial charge in [0.05, 0.1) is 11.3 Å². The number of benzene rings is 3. The number of fused-ring (bicyclic) bond motifs is 3. The van der Waals surface area contributed by atoms with Crippen molar-refractivity contribution in [1.29, 1.82) is 0 Å². The van der Waals surface area contributed by atoms with Crippen LogP contribution in [0.3, 0.4) is 0 Å². The van der Waals surface area contributed by atoms with Crippen LogP contribution in [0.5, 0.6) is 0 Å². The lowest BCUT2D eigenvalue weighted by molar-refractivity contribution is -0.137. The standard InChI is InChI=1S/C31H21F3N2O3/c32-31(33,34)21-12-10-20(11-13-21)25-26-23-8-4-5-9-24(23)36(18-19-6-2-1-3-7-19)27(26)29(38)35-28(25)30(39)16-14-22(37)15-17-30/h1-17,39H,18H2,(H,35,38). The summed E-state index contributed by atoms with van der Waals surface area (Å²) in [4.78, 5) is 28.4. The minimum Gasteiger partial charge on any atom is -0.376 e. The van der Waals surface area contributed by atoms with Crippen molar-refractivity contribution in [2.45, 2.75) is 18.3 Å². The van der Waals surface area contributed by atoms with Gasteiger partial charge < -0.3 is 14.7 Å². The first kappa shape index (κ1) is 24.6. The molecule has 0 amide bonds. The van der Waals surface area contributed by atoms with E-state index in [9.17, 15) is 27.9 Å². The van der Waals surface area contributed by atoms with E-state index >= 15 is 0 Å². The Bertz CT molecular complexity index is 1850. The van der Waals surface area contributed by atoms with E-state index in [0.29, 0.717) is 34.0 Å². The smallest absolute Gasteiger partial charge is 0.376 e. The van der Waals surface area contributed by atoms with E-state index in [4.69, 9.17) is 0 Å². The number of hydrogen-bond donors (Lipinski definition) is 2. The van der Waals surface area contributed by atoms with Gasteiger partial charge in [-0.25, -0.2) is 0 Å². The molecule has 0 saturated heterocycles. The van der Waals surface area contributed by atoms with Crippen molar-refractivity contribution >= 4 is 27.6 Å². The number of aliphatic hydroxyl groups is 1. The number of hydrogen-bond acceptors (Lipinski definition) is 3. The first-order chi connectivity index (χ1) is 18.7. The summed E-state index contributed by atoms with van der Waals surface area (Å²) in [6.07, 6.45) is 0.391. The van der Waals surface area contributed by atoms with Gasteiger partial charge >= 0.3 is 6.18 Å². The summed E-state index contributed by atoms with van der Waals surface area (Å²) in [6, 6.07) is 21.6. The summed E-state index contributed by atoms with van der Waals surface area (Å²) < 4.78 is 42.0. The molecule has 0 aliphatic heterocycles. The number of allylic oxidation sites excluding steroid dienone is 2. The Kier molecular flexibility index (Phi) is 5.66. The number of nitrogens with one attached hydrogen (secondary N) is 1. The number of para-hydroxylation sites is 1. The molecule has 39 heavy (non-hydrogen) atoms. The SMILES string of the molecule is O=C1C=CC(O)(c2[nH]c(=O)c3c(c2-c2ccc(C(F)(F)F)cc2)c2ccccc2n3Cc2ccccc2)C=C1. The second kappa shape index (κ2) is 8.96. The van der Waals surface area contributed by atoms with Gasteiger partial charge in [0, 0.05) is 28.4 Å². The van der Waals surface area contributed by atoms with Crippen molar-refractivity contribution in [2.24, 2.45) is 0 Å². The molecule has 5 nitrogen and oxygen atoms in total. The number of alkyl halides is 3. The lowest BCUT2D eigenvalue weighted by Gasteiger charge is -2.26. The number of carbonyl (C=O) groups excluding carboxylic acids is 1. The molecule has 2 heterocycles. The number of H-pyrrole nitrogens is 1. The van der Waals surface area contributed by atoms with Crippen LogP contribution in [0.2, 0.25) is 0 Å². The third-order valence-electron chi connectivity index (χ3n) is 7.01. The molecule has 1 aliphatic rings. The van der Waals surface area contributed by atoms with Crippen LogP contribution in [0.25, 0.3) is 32.9 Å². The number of ketones is 1. The highest BCUT2D eigenvalue weighted by molar-refractivity contribution is 6.15. The van der Waals surface area contributed by atoms with Crippen LogP contribution in [-0.2, 0) is 23.1 Å². The van der Waals surface area contributed by atoms with Gasteiger partial charge in [-0.3, -0.25) is 9.59 Å². The third-order valence-corrected chi connectivity index (χ3v) is 7.01. The number of rotatable bonds is 4. The monoisotopic (exact) mass is 526 g/mol. The van der Waals surface area contributed by atoms with E-state index in [0.717, 1.165) is 23.2 Å². The minimum absolute atomic E-state index is 0.0578. The Morgan fingerprint density at radius 3 is 2.15 bits per heavy atom. The van der Waals surface area contributed by atoms with Crippen molar-refractivity contribution < 1.29 is 23.1 Å². The highest BCUT2D eigenvalue weighted by atomic mass is 19.4. The molecule has 2 N–H and O–H groups in total. The van der Waals surface area contributed by atoms with Crippen molar-refractivity contribution in [1.82, 2.24) is 9.55 Å². The number of aromatic amines is 1. The van der Waals surface area contributed by atoms with Crippen molar-refractivity contribution in [3.05, 3.63) is 130 Å². The van der Waals surface area contributed by atoms with E-state index in [1.54, 1.807) is 0 Å². The molecule has 0 atom stereocenters. The first-order valence-electron chi connectivity index (χ1n) is 12.2.